The number of aromatic nitrogens is 1. The number of carbonyl (C=O) groups is 2. The molecule has 8 nitrogen and oxygen atoms in total. The molecule has 8 heteroatoms. The fraction of sp³-hybridized carbons (Fsp3) is 0.435. The summed E-state index contributed by atoms with van der Waals surface area (Å²) in [6.07, 6.45) is 2.39. The third-order valence-corrected chi connectivity index (χ3v) is 5.09. The van der Waals surface area contributed by atoms with Gasteiger partial charge in [0.1, 0.15) is 6.61 Å². The summed E-state index contributed by atoms with van der Waals surface area (Å²) in [4.78, 5) is 33.0. The zero-order valence-electron chi connectivity index (χ0n) is 18.0. The molecule has 2 heterocycles. The van der Waals surface area contributed by atoms with Crippen molar-refractivity contribution in [1.82, 2.24) is 20.1 Å². The molecule has 3 rings (SSSR count). The number of hydrogen-bond donors (Lipinski definition) is 1. The summed E-state index contributed by atoms with van der Waals surface area (Å²) in [6.45, 7) is 4.49. The van der Waals surface area contributed by atoms with Crippen LogP contribution < -0.4 is 10.1 Å². The lowest BCUT2D eigenvalue weighted by atomic mass is 10.2. The molecule has 0 saturated carbocycles. The standard InChI is InChI=1S/C23H30N4O4/c1-30-15-5-9-24-21(28)17-26-11-13-27(14-12-26)23(29)20-8-10-25-22(16-20)31-18-19-6-3-2-4-7-19/h2-4,6-8,10,16H,5,9,11-15,17-18H2,1H3,(H,24,28). The van der Waals surface area contributed by atoms with E-state index in [1.165, 1.54) is 0 Å². The average molecular weight is 427 g/mol. The Bertz CT molecular complexity index is 838. The van der Waals surface area contributed by atoms with Gasteiger partial charge < -0.3 is 19.7 Å². The van der Waals surface area contributed by atoms with E-state index >= 15 is 0 Å². The first kappa shape index (κ1) is 22.7. The normalized spacial score (nSPS) is 14.3. The molecule has 2 aromatic rings. The minimum absolute atomic E-state index is 0.00483. The van der Waals surface area contributed by atoms with Crippen LogP contribution in [0.3, 0.4) is 0 Å². The number of nitrogens with one attached hydrogen (secondary N) is 1. The molecule has 0 aliphatic carbocycles. The summed E-state index contributed by atoms with van der Waals surface area (Å²) in [6, 6.07) is 13.2. The van der Waals surface area contributed by atoms with E-state index in [1.807, 2.05) is 35.2 Å². The third kappa shape index (κ3) is 7.34. The maximum atomic E-state index is 12.9. The van der Waals surface area contributed by atoms with Gasteiger partial charge in [0.25, 0.3) is 5.91 Å². The summed E-state index contributed by atoms with van der Waals surface area (Å²) in [5, 5.41) is 2.89. The maximum absolute atomic E-state index is 12.9. The van der Waals surface area contributed by atoms with E-state index in [-0.39, 0.29) is 11.8 Å². The molecule has 0 atom stereocenters. The molecular formula is C23H30N4O4. The number of methoxy groups -OCH3 is 1. The van der Waals surface area contributed by atoms with Crippen molar-refractivity contribution in [2.24, 2.45) is 0 Å². The fourth-order valence-corrected chi connectivity index (χ4v) is 3.35. The van der Waals surface area contributed by atoms with Crippen LogP contribution in [0.5, 0.6) is 5.88 Å². The van der Waals surface area contributed by atoms with Crippen LogP contribution in [0.4, 0.5) is 0 Å². The zero-order valence-corrected chi connectivity index (χ0v) is 18.0. The molecule has 1 saturated heterocycles. The van der Waals surface area contributed by atoms with E-state index in [9.17, 15) is 9.59 Å². The molecule has 0 bridgehead atoms. The quantitative estimate of drug-likeness (QED) is 0.581. The van der Waals surface area contributed by atoms with Gasteiger partial charge in [0.15, 0.2) is 0 Å². The van der Waals surface area contributed by atoms with Crippen LogP contribution in [-0.2, 0) is 16.1 Å². The topological polar surface area (TPSA) is 84.0 Å². The lowest BCUT2D eigenvalue weighted by Crippen LogP contribution is -2.51. The Morgan fingerprint density at radius 2 is 1.87 bits per heavy atom. The van der Waals surface area contributed by atoms with Crippen molar-refractivity contribution in [3.8, 4) is 5.88 Å². The van der Waals surface area contributed by atoms with Gasteiger partial charge in [-0.15, -0.1) is 0 Å². The number of piperazine rings is 1. The summed E-state index contributed by atoms with van der Waals surface area (Å²) < 4.78 is 10.7. The molecule has 1 N–H and O–H groups in total. The van der Waals surface area contributed by atoms with Gasteiger partial charge in [0, 0.05) is 64.3 Å². The SMILES string of the molecule is COCCCNC(=O)CN1CCN(C(=O)c2ccnc(OCc3ccccc3)c2)CC1. The van der Waals surface area contributed by atoms with Crippen LogP contribution >= 0.6 is 0 Å². The minimum atomic E-state index is -0.0457. The first-order valence-electron chi connectivity index (χ1n) is 10.6. The molecule has 0 unspecified atom stereocenters. The van der Waals surface area contributed by atoms with E-state index in [4.69, 9.17) is 9.47 Å². The van der Waals surface area contributed by atoms with Crippen molar-refractivity contribution in [3.63, 3.8) is 0 Å². The average Bonchev–Trinajstić information content (AvgIpc) is 2.81. The van der Waals surface area contributed by atoms with Gasteiger partial charge in [0.05, 0.1) is 6.54 Å². The molecule has 31 heavy (non-hydrogen) atoms. The number of nitrogens with zero attached hydrogens (tertiary/aromatic N) is 3. The second kappa shape index (κ2) is 12.0. The molecule has 166 valence electrons. The maximum Gasteiger partial charge on any atom is 0.254 e. The molecule has 1 fully saturated rings. The van der Waals surface area contributed by atoms with Gasteiger partial charge in [-0.3, -0.25) is 14.5 Å². The molecule has 1 aromatic carbocycles. The van der Waals surface area contributed by atoms with Gasteiger partial charge in [-0.05, 0) is 18.1 Å². The summed E-state index contributed by atoms with van der Waals surface area (Å²) in [5.74, 6) is 0.388. The van der Waals surface area contributed by atoms with E-state index < -0.39 is 0 Å². The highest BCUT2D eigenvalue weighted by atomic mass is 16.5. The molecule has 0 radical (unpaired) electrons. The lowest BCUT2D eigenvalue weighted by Gasteiger charge is -2.34. The van der Waals surface area contributed by atoms with Crippen LogP contribution in [0.2, 0.25) is 0 Å². The van der Waals surface area contributed by atoms with Gasteiger partial charge in [0.2, 0.25) is 11.8 Å². The number of ether oxygens (including phenoxy) is 2. The molecule has 1 aliphatic rings. The third-order valence-electron chi connectivity index (χ3n) is 5.09. The Hall–Kier alpha value is -2.97. The summed E-state index contributed by atoms with van der Waals surface area (Å²) in [7, 11) is 1.65. The Labute approximate surface area is 183 Å². The second-order valence-corrected chi connectivity index (χ2v) is 7.42. The first-order valence-corrected chi connectivity index (χ1v) is 10.6. The van der Waals surface area contributed by atoms with Crippen molar-refractivity contribution < 1.29 is 19.1 Å². The fourth-order valence-electron chi connectivity index (χ4n) is 3.35. The largest absolute Gasteiger partial charge is 0.473 e. The van der Waals surface area contributed by atoms with Gasteiger partial charge in [-0.25, -0.2) is 4.98 Å². The predicted octanol–water partition coefficient (Wildman–Crippen LogP) is 1.57. The Morgan fingerprint density at radius 3 is 2.61 bits per heavy atom. The van der Waals surface area contributed by atoms with Crippen LogP contribution in [0, 0.1) is 0 Å². The summed E-state index contributed by atoms with van der Waals surface area (Å²) >= 11 is 0. The van der Waals surface area contributed by atoms with Crippen LogP contribution in [-0.4, -0.2) is 79.6 Å². The van der Waals surface area contributed by atoms with Crippen molar-refractivity contribution in [2.75, 3.05) is 53.0 Å². The molecule has 1 aliphatic heterocycles. The molecular weight excluding hydrogens is 396 g/mol. The van der Waals surface area contributed by atoms with E-state index in [0.717, 1.165) is 12.0 Å². The highest BCUT2D eigenvalue weighted by Crippen LogP contribution is 2.15. The van der Waals surface area contributed by atoms with Crippen molar-refractivity contribution >= 4 is 11.8 Å². The van der Waals surface area contributed by atoms with Crippen LogP contribution in [0.25, 0.3) is 0 Å². The predicted molar refractivity (Wildman–Crippen MR) is 117 cm³/mol. The van der Waals surface area contributed by atoms with Crippen LogP contribution in [0.1, 0.15) is 22.3 Å². The number of benzene rings is 1. The number of rotatable bonds is 10. The number of hydrogen-bond acceptors (Lipinski definition) is 6. The highest BCUT2D eigenvalue weighted by molar-refractivity contribution is 5.94. The van der Waals surface area contributed by atoms with Gasteiger partial charge in [-0.2, -0.15) is 0 Å². The number of amides is 2. The van der Waals surface area contributed by atoms with E-state index in [2.05, 4.69) is 15.2 Å². The van der Waals surface area contributed by atoms with Crippen molar-refractivity contribution in [1.29, 1.82) is 0 Å². The Balaban J connectivity index is 1.44. The lowest BCUT2D eigenvalue weighted by molar-refractivity contribution is -0.122. The second-order valence-electron chi connectivity index (χ2n) is 7.42. The van der Waals surface area contributed by atoms with Gasteiger partial charge in [-0.1, -0.05) is 30.3 Å². The summed E-state index contributed by atoms with van der Waals surface area (Å²) in [5.41, 5.74) is 1.60. The highest BCUT2D eigenvalue weighted by Gasteiger charge is 2.23. The van der Waals surface area contributed by atoms with Gasteiger partial charge >= 0.3 is 0 Å². The zero-order chi connectivity index (χ0) is 21.9. The monoisotopic (exact) mass is 426 g/mol. The van der Waals surface area contributed by atoms with Crippen molar-refractivity contribution in [3.05, 3.63) is 59.8 Å². The first-order chi connectivity index (χ1) is 15.2. The Kier molecular flexibility index (Phi) is 8.81. The van der Waals surface area contributed by atoms with Crippen LogP contribution in [0.15, 0.2) is 48.7 Å². The molecule has 0 spiro atoms. The minimum Gasteiger partial charge on any atom is -0.473 e. The van der Waals surface area contributed by atoms with Crippen molar-refractivity contribution in [2.45, 2.75) is 13.0 Å². The van der Waals surface area contributed by atoms with E-state index in [1.54, 1.807) is 25.4 Å². The number of carbonyl (C=O) groups excluding carboxylic acids is 2. The molecule has 2 amide bonds. The van der Waals surface area contributed by atoms with E-state index in [0.29, 0.717) is 63.9 Å². The molecule has 1 aromatic heterocycles. The smallest absolute Gasteiger partial charge is 0.254 e. The number of pyridine rings is 1. The Morgan fingerprint density at radius 1 is 1.10 bits per heavy atom.